The number of pyridine rings is 1. The predicted molar refractivity (Wildman–Crippen MR) is 77.1 cm³/mol. The van der Waals surface area contributed by atoms with Gasteiger partial charge in [0.05, 0.1) is 17.2 Å². The van der Waals surface area contributed by atoms with Crippen LogP contribution in [-0.2, 0) is 0 Å². The monoisotopic (exact) mass is 278 g/mol. The Morgan fingerprint density at radius 3 is 2.76 bits per heavy atom. The van der Waals surface area contributed by atoms with Gasteiger partial charge in [-0.25, -0.2) is 4.79 Å². The third-order valence-electron chi connectivity index (χ3n) is 3.51. The molecule has 1 aliphatic carbocycles. The number of hydrogen-bond donors (Lipinski definition) is 0. The molecule has 1 aliphatic rings. The number of carbonyl (C=O) groups excluding carboxylic acids is 1. The van der Waals surface area contributed by atoms with Gasteiger partial charge in [-0.2, -0.15) is 5.26 Å². The molecular weight excluding hydrogens is 264 g/mol. The summed E-state index contributed by atoms with van der Waals surface area (Å²) in [6.45, 7) is 1.86. The molecule has 0 atom stereocenters. The maximum Gasteiger partial charge on any atom is 0.345 e. The number of nitriles is 1. The van der Waals surface area contributed by atoms with E-state index in [9.17, 15) is 4.79 Å². The molecule has 2 aromatic rings. The van der Waals surface area contributed by atoms with Gasteiger partial charge in [0.25, 0.3) is 0 Å². The molecule has 0 amide bonds. The first-order valence-corrected chi connectivity index (χ1v) is 6.86. The highest BCUT2D eigenvalue weighted by atomic mass is 16.5. The summed E-state index contributed by atoms with van der Waals surface area (Å²) >= 11 is 0. The van der Waals surface area contributed by atoms with Crippen molar-refractivity contribution in [1.82, 2.24) is 4.98 Å². The Morgan fingerprint density at radius 1 is 1.33 bits per heavy atom. The summed E-state index contributed by atoms with van der Waals surface area (Å²) in [5.41, 5.74) is 2.74. The Balaban J connectivity index is 1.88. The van der Waals surface area contributed by atoms with Crippen LogP contribution in [0, 0.1) is 18.3 Å². The quantitative estimate of drug-likeness (QED) is 0.638. The summed E-state index contributed by atoms with van der Waals surface area (Å²) in [7, 11) is 0. The number of esters is 1. The molecule has 1 aromatic heterocycles. The zero-order valence-corrected chi connectivity index (χ0v) is 11.7. The molecule has 1 aromatic carbocycles. The summed E-state index contributed by atoms with van der Waals surface area (Å²) in [6, 6.07) is 10.8. The smallest absolute Gasteiger partial charge is 0.345 e. The predicted octanol–water partition coefficient (Wildman–Crippen LogP) is 3.36. The molecule has 1 saturated carbocycles. The molecule has 0 spiro atoms. The van der Waals surface area contributed by atoms with Gasteiger partial charge < -0.3 is 4.74 Å². The van der Waals surface area contributed by atoms with Crippen LogP contribution >= 0.6 is 0 Å². The van der Waals surface area contributed by atoms with E-state index in [1.807, 2.05) is 13.0 Å². The Morgan fingerprint density at radius 2 is 2.14 bits per heavy atom. The van der Waals surface area contributed by atoms with Crippen LogP contribution in [0.15, 0.2) is 36.5 Å². The standard InChI is InChI=1S/C17H14N2O2/c1-11-2-4-14(10-19-11)17(20)21-16-8-12(9-18)3-7-15(16)13-5-6-13/h2-4,7-8,10,13H,5-6H2,1H3. The van der Waals surface area contributed by atoms with Gasteiger partial charge in [-0.3, -0.25) is 4.98 Å². The Hall–Kier alpha value is -2.67. The fraction of sp³-hybridized carbons (Fsp3) is 0.235. The summed E-state index contributed by atoms with van der Waals surface area (Å²) in [5, 5.41) is 8.99. The van der Waals surface area contributed by atoms with Crippen LogP contribution in [0.2, 0.25) is 0 Å². The number of benzene rings is 1. The van der Waals surface area contributed by atoms with Gasteiger partial charge in [0, 0.05) is 11.9 Å². The number of rotatable bonds is 3. The highest BCUT2D eigenvalue weighted by Gasteiger charge is 2.28. The molecule has 0 N–H and O–H groups in total. The van der Waals surface area contributed by atoms with E-state index in [1.54, 1.807) is 24.3 Å². The van der Waals surface area contributed by atoms with Crippen molar-refractivity contribution in [1.29, 1.82) is 5.26 Å². The minimum absolute atomic E-state index is 0.407. The maximum absolute atomic E-state index is 12.2. The molecule has 4 nitrogen and oxygen atoms in total. The summed E-state index contributed by atoms with van der Waals surface area (Å²) < 4.78 is 5.49. The van der Waals surface area contributed by atoms with Gasteiger partial charge in [-0.1, -0.05) is 6.07 Å². The van der Waals surface area contributed by atoms with Crippen LogP contribution in [0.3, 0.4) is 0 Å². The van der Waals surface area contributed by atoms with Gasteiger partial charge in [0.2, 0.25) is 0 Å². The van der Waals surface area contributed by atoms with Gasteiger partial charge >= 0.3 is 5.97 Å². The van der Waals surface area contributed by atoms with Crippen LogP contribution in [0.1, 0.15) is 45.9 Å². The largest absolute Gasteiger partial charge is 0.423 e. The van der Waals surface area contributed by atoms with Crippen molar-refractivity contribution >= 4 is 5.97 Å². The summed E-state index contributed by atoms with van der Waals surface area (Å²) in [4.78, 5) is 16.3. The summed E-state index contributed by atoms with van der Waals surface area (Å²) in [6.07, 6.45) is 3.70. The van der Waals surface area contributed by atoms with E-state index < -0.39 is 5.97 Å². The normalized spacial score (nSPS) is 13.5. The van der Waals surface area contributed by atoms with Crippen molar-refractivity contribution < 1.29 is 9.53 Å². The van der Waals surface area contributed by atoms with Crippen LogP contribution < -0.4 is 4.74 Å². The van der Waals surface area contributed by atoms with Gasteiger partial charge in [0.15, 0.2) is 0 Å². The lowest BCUT2D eigenvalue weighted by molar-refractivity contribution is 0.0732. The molecule has 0 unspecified atom stereocenters. The van der Waals surface area contributed by atoms with E-state index in [0.29, 0.717) is 22.8 Å². The third-order valence-corrected chi connectivity index (χ3v) is 3.51. The topological polar surface area (TPSA) is 63.0 Å². The van der Waals surface area contributed by atoms with Crippen molar-refractivity contribution in [3.8, 4) is 11.8 Å². The first-order chi connectivity index (χ1) is 10.2. The number of aryl methyl sites for hydroxylation is 1. The minimum Gasteiger partial charge on any atom is -0.423 e. The second kappa shape index (κ2) is 5.37. The van der Waals surface area contributed by atoms with Gasteiger partial charge in [-0.05, 0) is 55.5 Å². The first-order valence-electron chi connectivity index (χ1n) is 6.86. The van der Waals surface area contributed by atoms with E-state index in [2.05, 4.69) is 11.1 Å². The van der Waals surface area contributed by atoms with E-state index in [4.69, 9.17) is 10.00 Å². The molecule has 0 saturated heterocycles. The Bertz CT molecular complexity index is 725. The second-order valence-electron chi connectivity index (χ2n) is 5.22. The molecule has 0 bridgehead atoms. The molecule has 0 radical (unpaired) electrons. The van der Waals surface area contributed by atoms with Crippen molar-refractivity contribution in [2.45, 2.75) is 25.7 Å². The maximum atomic E-state index is 12.2. The average molecular weight is 278 g/mol. The lowest BCUT2D eigenvalue weighted by Gasteiger charge is -2.10. The van der Waals surface area contributed by atoms with Crippen LogP contribution in [0.4, 0.5) is 0 Å². The molecule has 1 heterocycles. The van der Waals surface area contributed by atoms with Crippen LogP contribution in [-0.4, -0.2) is 11.0 Å². The van der Waals surface area contributed by atoms with E-state index in [1.165, 1.54) is 6.20 Å². The minimum atomic E-state index is -0.445. The molecule has 0 aliphatic heterocycles. The molecule has 3 rings (SSSR count). The van der Waals surface area contributed by atoms with Crippen molar-refractivity contribution in [2.75, 3.05) is 0 Å². The van der Waals surface area contributed by atoms with Crippen molar-refractivity contribution in [3.05, 3.63) is 58.9 Å². The average Bonchev–Trinajstić information content (AvgIpc) is 3.32. The summed E-state index contributed by atoms with van der Waals surface area (Å²) in [5.74, 6) is 0.485. The lowest BCUT2D eigenvalue weighted by Crippen LogP contribution is -2.10. The van der Waals surface area contributed by atoms with Gasteiger partial charge in [-0.15, -0.1) is 0 Å². The van der Waals surface area contributed by atoms with E-state index in [-0.39, 0.29) is 0 Å². The van der Waals surface area contributed by atoms with Gasteiger partial charge in [0.1, 0.15) is 5.75 Å². The zero-order valence-electron chi connectivity index (χ0n) is 11.7. The number of aromatic nitrogens is 1. The SMILES string of the molecule is Cc1ccc(C(=O)Oc2cc(C#N)ccc2C2CC2)cn1. The van der Waals surface area contributed by atoms with E-state index >= 15 is 0 Å². The highest BCUT2D eigenvalue weighted by molar-refractivity contribution is 5.91. The van der Waals surface area contributed by atoms with Crippen LogP contribution in [0.5, 0.6) is 5.75 Å². The third kappa shape index (κ3) is 2.92. The molecular formula is C17H14N2O2. The van der Waals surface area contributed by atoms with Crippen molar-refractivity contribution in [2.24, 2.45) is 0 Å². The van der Waals surface area contributed by atoms with E-state index in [0.717, 1.165) is 24.1 Å². The lowest BCUT2D eigenvalue weighted by atomic mass is 10.1. The Labute approximate surface area is 123 Å². The van der Waals surface area contributed by atoms with Crippen LogP contribution in [0.25, 0.3) is 0 Å². The van der Waals surface area contributed by atoms with Crippen molar-refractivity contribution in [3.63, 3.8) is 0 Å². The zero-order chi connectivity index (χ0) is 14.8. The number of hydrogen-bond acceptors (Lipinski definition) is 4. The molecule has 4 heteroatoms. The molecule has 21 heavy (non-hydrogen) atoms. The number of ether oxygens (including phenoxy) is 1. The molecule has 1 fully saturated rings. The second-order valence-corrected chi connectivity index (χ2v) is 5.22. The Kier molecular flexibility index (Phi) is 3.41. The number of carbonyl (C=O) groups is 1. The fourth-order valence-electron chi connectivity index (χ4n) is 2.17. The number of nitrogens with zero attached hydrogens (tertiary/aromatic N) is 2. The first kappa shape index (κ1) is 13.3. The highest BCUT2D eigenvalue weighted by Crippen LogP contribution is 2.44. The molecule has 104 valence electrons. The fourth-order valence-corrected chi connectivity index (χ4v) is 2.17.